The minimum absolute atomic E-state index is 0.0956. The van der Waals surface area contributed by atoms with Crippen molar-refractivity contribution >= 4 is 17.2 Å². The summed E-state index contributed by atoms with van der Waals surface area (Å²) < 4.78 is 13.2. The summed E-state index contributed by atoms with van der Waals surface area (Å²) in [5.74, 6) is -0.373. The van der Waals surface area contributed by atoms with E-state index in [1.165, 1.54) is 29.0 Å². The first-order valence-electron chi connectivity index (χ1n) is 9.18. The molecule has 0 saturated carbocycles. The van der Waals surface area contributed by atoms with Gasteiger partial charge in [0.15, 0.2) is 0 Å². The van der Waals surface area contributed by atoms with Gasteiger partial charge in [-0.25, -0.2) is 9.37 Å². The van der Waals surface area contributed by atoms with Gasteiger partial charge in [-0.2, -0.15) is 0 Å². The lowest BCUT2D eigenvalue weighted by Crippen LogP contribution is -2.36. The third kappa shape index (κ3) is 5.71. The number of rotatable bonds is 8. The molecular weight excluding hydrogens is 373 g/mol. The van der Waals surface area contributed by atoms with Gasteiger partial charge in [0.05, 0.1) is 5.01 Å². The van der Waals surface area contributed by atoms with Crippen molar-refractivity contribution in [2.75, 3.05) is 27.2 Å². The summed E-state index contributed by atoms with van der Waals surface area (Å²) >= 11 is 1.50. The quantitative estimate of drug-likeness (QED) is 0.575. The Labute approximate surface area is 169 Å². The second kappa shape index (κ2) is 9.57. The number of amides is 1. The second-order valence-electron chi connectivity index (χ2n) is 6.95. The van der Waals surface area contributed by atoms with Crippen LogP contribution in [0.5, 0.6) is 0 Å². The third-order valence-electron chi connectivity index (χ3n) is 4.36. The lowest BCUT2D eigenvalue weighted by Gasteiger charge is -2.24. The van der Waals surface area contributed by atoms with Gasteiger partial charge in [-0.05, 0) is 37.4 Å². The van der Waals surface area contributed by atoms with Crippen LogP contribution in [0, 0.1) is 5.82 Å². The molecule has 3 rings (SSSR count). The predicted octanol–water partition coefficient (Wildman–Crippen LogP) is 4.08. The van der Waals surface area contributed by atoms with Crippen molar-refractivity contribution in [2.45, 2.75) is 13.0 Å². The lowest BCUT2D eigenvalue weighted by atomic mass is 10.2. The molecule has 2 aromatic carbocycles. The van der Waals surface area contributed by atoms with Crippen molar-refractivity contribution in [3.05, 3.63) is 87.6 Å². The molecule has 0 aliphatic carbocycles. The number of carbonyl (C=O) groups is 1. The Bertz CT molecular complexity index is 894. The molecule has 0 N–H and O–H groups in total. The van der Waals surface area contributed by atoms with E-state index < -0.39 is 0 Å². The Morgan fingerprint density at radius 1 is 1.00 bits per heavy atom. The number of hydrogen-bond donors (Lipinski definition) is 0. The maximum Gasteiger partial charge on any atom is 0.273 e. The summed E-state index contributed by atoms with van der Waals surface area (Å²) in [5, 5.41) is 2.75. The van der Waals surface area contributed by atoms with Gasteiger partial charge in [0.2, 0.25) is 0 Å². The molecule has 0 unspecified atom stereocenters. The number of aromatic nitrogens is 1. The molecule has 3 aromatic rings. The van der Waals surface area contributed by atoms with E-state index in [-0.39, 0.29) is 11.7 Å². The number of benzene rings is 2. The van der Waals surface area contributed by atoms with E-state index in [1.54, 1.807) is 17.0 Å². The van der Waals surface area contributed by atoms with Crippen LogP contribution in [0.4, 0.5) is 4.39 Å². The summed E-state index contributed by atoms with van der Waals surface area (Å²) in [7, 11) is 3.95. The fourth-order valence-corrected chi connectivity index (χ4v) is 3.61. The van der Waals surface area contributed by atoms with Gasteiger partial charge in [0.25, 0.3) is 5.91 Å². The fourth-order valence-electron chi connectivity index (χ4n) is 2.81. The van der Waals surface area contributed by atoms with E-state index in [0.717, 1.165) is 17.1 Å². The Hall–Kier alpha value is -2.57. The molecule has 28 heavy (non-hydrogen) atoms. The molecule has 0 fully saturated rings. The molecule has 6 heteroatoms. The maximum absolute atomic E-state index is 13.2. The molecule has 4 nitrogen and oxygen atoms in total. The summed E-state index contributed by atoms with van der Waals surface area (Å²) in [6.07, 6.45) is 0.717. The summed E-state index contributed by atoms with van der Waals surface area (Å²) in [6.45, 7) is 1.75. The number of carbonyl (C=O) groups excluding carboxylic acids is 1. The van der Waals surface area contributed by atoms with Gasteiger partial charge in [-0.1, -0.05) is 42.5 Å². The van der Waals surface area contributed by atoms with Crippen LogP contribution in [-0.2, 0) is 13.0 Å². The Balaban J connectivity index is 1.73. The topological polar surface area (TPSA) is 36.4 Å². The molecule has 1 heterocycles. The van der Waals surface area contributed by atoms with E-state index in [0.29, 0.717) is 25.2 Å². The Morgan fingerprint density at radius 3 is 2.39 bits per heavy atom. The molecule has 0 saturated heterocycles. The highest BCUT2D eigenvalue weighted by Gasteiger charge is 2.19. The zero-order chi connectivity index (χ0) is 19.9. The van der Waals surface area contributed by atoms with Gasteiger partial charge in [0, 0.05) is 31.4 Å². The van der Waals surface area contributed by atoms with Crippen LogP contribution in [0.1, 0.15) is 26.6 Å². The molecular formula is C22H24FN3OS. The molecule has 1 aromatic heterocycles. The zero-order valence-corrected chi connectivity index (χ0v) is 17.0. The monoisotopic (exact) mass is 397 g/mol. The van der Waals surface area contributed by atoms with E-state index in [9.17, 15) is 9.18 Å². The van der Waals surface area contributed by atoms with Crippen molar-refractivity contribution in [3.63, 3.8) is 0 Å². The molecule has 1 amide bonds. The van der Waals surface area contributed by atoms with E-state index in [1.807, 2.05) is 42.6 Å². The zero-order valence-electron chi connectivity index (χ0n) is 16.1. The van der Waals surface area contributed by atoms with Gasteiger partial charge < -0.3 is 9.80 Å². The van der Waals surface area contributed by atoms with Gasteiger partial charge in [-0.3, -0.25) is 4.79 Å². The summed E-state index contributed by atoms with van der Waals surface area (Å²) in [6, 6.07) is 16.4. The number of likely N-dealkylation sites (N-methyl/N-ethyl adjacent to an activating group) is 1. The summed E-state index contributed by atoms with van der Waals surface area (Å²) in [4.78, 5) is 21.4. The minimum Gasteiger partial charge on any atom is -0.332 e. The van der Waals surface area contributed by atoms with Crippen LogP contribution in [-0.4, -0.2) is 47.9 Å². The van der Waals surface area contributed by atoms with Crippen molar-refractivity contribution < 1.29 is 9.18 Å². The first kappa shape index (κ1) is 20.2. The molecule has 0 atom stereocenters. The highest BCUT2D eigenvalue weighted by atomic mass is 32.1. The van der Waals surface area contributed by atoms with Crippen LogP contribution in [0.25, 0.3) is 0 Å². The van der Waals surface area contributed by atoms with Gasteiger partial charge in [-0.15, -0.1) is 11.3 Å². The molecule has 0 radical (unpaired) electrons. The fraction of sp³-hybridized carbons (Fsp3) is 0.273. The molecule has 0 bridgehead atoms. The summed E-state index contributed by atoms with van der Waals surface area (Å²) in [5.41, 5.74) is 2.54. The molecule has 146 valence electrons. The van der Waals surface area contributed by atoms with Crippen molar-refractivity contribution in [1.29, 1.82) is 0 Å². The van der Waals surface area contributed by atoms with E-state index >= 15 is 0 Å². The molecule has 0 aliphatic rings. The highest BCUT2D eigenvalue weighted by molar-refractivity contribution is 7.09. The smallest absolute Gasteiger partial charge is 0.273 e. The van der Waals surface area contributed by atoms with Gasteiger partial charge >= 0.3 is 0 Å². The first-order valence-corrected chi connectivity index (χ1v) is 10.1. The highest BCUT2D eigenvalue weighted by Crippen LogP contribution is 2.17. The minimum atomic E-state index is -0.278. The average molecular weight is 398 g/mol. The predicted molar refractivity (Wildman–Crippen MR) is 111 cm³/mol. The normalized spacial score (nSPS) is 11.0. The number of nitrogens with zero attached hydrogens (tertiary/aromatic N) is 3. The van der Waals surface area contributed by atoms with Crippen molar-refractivity contribution in [1.82, 2.24) is 14.8 Å². The Morgan fingerprint density at radius 2 is 1.71 bits per heavy atom. The van der Waals surface area contributed by atoms with Crippen LogP contribution >= 0.6 is 11.3 Å². The average Bonchev–Trinajstić information content (AvgIpc) is 3.15. The van der Waals surface area contributed by atoms with Crippen LogP contribution < -0.4 is 0 Å². The first-order chi connectivity index (χ1) is 13.5. The second-order valence-corrected chi connectivity index (χ2v) is 7.89. The maximum atomic E-state index is 13.2. The van der Waals surface area contributed by atoms with Crippen LogP contribution in [0.3, 0.4) is 0 Å². The SMILES string of the molecule is CN(C)CCN(Cc1ccc(F)cc1)C(=O)c1csc(Cc2ccccc2)n1. The Kier molecular flexibility index (Phi) is 6.90. The van der Waals surface area contributed by atoms with E-state index in [2.05, 4.69) is 17.1 Å². The van der Waals surface area contributed by atoms with Crippen LogP contribution in [0.15, 0.2) is 60.0 Å². The molecule has 0 aliphatic heterocycles. The van der Waals surface area contributed by atoms with E-state index in [4.69, 9.17) is 0 Å². The molecule has 0 spiro atoms. The third-order valence-corrected chi connectivity index (χ3v) is 5.21. The largest absolute Gasteiger partial charge is 0.332 e. The number of halogens is 1. The lowest BCUT2D eigenvalue weighted by molar-refractivity contribution is 0.0726. The standard InChI is InChI=1S/C22H24FN3OS/c1-25(2)12-13-26(15-18-8-10-19(23)11-9-18)22(27)20-16-28-21(24-20)14-17-6-4-3-5-7-17/h3-11,16H,12-15H2,1-2H3. The number of hydrogen-bond acceptors (Lipinski definition) is 4. The van der Waals surface area contributed by atoms with Crippen molar-refractivity contribution in [3.8, 4) is 0 Å². The van der Waals surface area contributed by atoms with Crippen LogP contribution in [0.2, 0.25) is 0 Å². The van der Waals surface area contributed by atoms with Gasteiger partial charge in [0.1, 0.15) is 11.5 Å². The number of thiazole rings is 1. The van der Waals surface area contributed by atoms with Crippen molar-refractivity contribution in [2.24, 2.45) is 0 Å².